The third kappa shape index (κ3) is 9.27. The minimum atomic E-state index is -0.482. The fourth-order valence-electron chi connectivity index (χ4n) is 4.19. The van der Waals surface area contributed by atoms with Crippen LogP contribution in [0.5, 0.6) is 0 Å². The van der Waals surface area contributed by atoms with Crippen LogP contribution < -0.4 is 11.5 Å². The average Bonchev–Trinajstić information content (AvgIpc) is 3.22. The van der Waals surface area contributed by atoms with Crippen molar-refractivity contribution in [2.24, 2.45) is 17.6 Å². The molecule has 1 aliphatic heterocycles. The molecule has 2 aliphatic rings. The first-order valence-electron chi connectivity index (χ1n) is 11.8. The second-order valence-corrected chi connectivity index (χ2v) is 9.05. The average molecular weight is 441 g/mol. The number of hydrogen-bond donors (Lipinski definition) is 2. The molecule has 0 bridgehead atoms. The number of primary amides is 1. The summed E-state index contributed by atoms with van der Waals surface area (Å²) >= 11 is 0. The quantitative estimate of drug-likeness (QED) is 0.611. The Morgan fingerprint density at radius 2 is 1.91 bits per heavy atom. The number of anilines is 1. The largest absolute Gasteiger partial charge is 0.424 e. The van der Waals surface area contributed by atoms with Crippen molar-refractivity contribution in [3.63, 3.8) is 0 Å². The first kappa shape index (κ1) is 25.7. The van der Waals surface area contributed by atoms with Crippen LogP contribution in [-0.2, 0) is 0 Å². The summed E-state index contributed by atoms with van der Waals surface area (Å²) in [5.41, 5.74) is 11.6. The molecule has 1 atom stereocenters. The first-order chi connectivity index (χ1) is 15.4. The van der Waals surface area contributed by atoms with Crippen LogP contribution in [0.1, 0.15) is 69.2 Å². The number of nitrogens with two attached hydrogens (primary N) is 2. The molecular formula is C26H40N4O2. The smallest absolute Gasteiger partial charge is 0.292 e. The van der Waals surface area contributed by atoms with Gasteiger partial charge in [0, 0.05) is 24.2 Å². The van der Waals surface area contributed by atoms with E-state index in [1.54, 1.807) is 24.3 Å². The number of nitrogens with zero attached hydrogens (tertiary/aromatic N) is 2. The zero-order valence-corrected chi connectivity index (χ0v) is 19.8. The minimum absolute atomic E-state index is 0.0921. The Bertz CT molecular complexity index is 827. The number of aromatic nitrogens is 1. The molecule has 4 rings (SSSR count). The predicted molar refractivity (Wildman–Crippen MR) is 132 cm³/mol. The summed E-state index contributed by atoms with van der Waals surface area (Å²) in [5, 5.41) is 0. The summed E-state index contributed by atoms with van der Waals surface area (Å²) in [4.78, 5) is 17.2. The number of nitrogen functional groups attached to an aromatic ring is 1. The van der Waals surface area contributed by atoms with E-state index in [0.29, 0.717) is 11.3 Å². The zero-order valence-electron chi connectivity index (χ0n) is 19.8. The monoisotopic (exact) mass is 440 g/mol. The Morgan fingerprint density at radius 1 is 1.19 bits per heavy atom. The van der Waals surface area contributed by atoms with Crippen molar-refractivity contribution in [2.75, 3.05) is 25.4 Å². The lowest BCUT2D eigenvalue weighted by Gasteiger charge is -2.29. The maximum atomic E-state index is 10.9. The van der Waals surface area contributed by atoms with E-state index in [2.05, 4.69) is 30.3 Å². The van der Waals surface area contributed by atoms with Gasteiger partial charge in [0.15, 0.2) is 5.76 Å². The molecule has 0 spiro atoms. The number of piperidine rings is 1. The summed E-state index contributed by atoms with van der Waals surface area (Å²) in [6.45, 7) is 12.0. The molecule has 1 saturated carbocycles. The summed E-state index contributed by atoms with van der Waals surface area (Å²) in [5.74, 6) is 1.96. The van der Waals surface area contributed by atoms with Crippen LogP contribution >= 0.6 is 0 Å². The van der Waals surface area contributed by atoms with Gasteiger partial charge in [-0.25, -0.2) is 4.98 Å². The van der Waals surface area contributed by atoms with Gasteiger partial charge < -0.3 is 15.9 Å². The van der Waals surface area contributed by atoms with Gasteiger partial charge in [0.1, 0.15) is 0 Å². The number of carbonyl (C=O) groups is 1. The second-order valence-electron chi connectivity index (χ2n) is 9.05. The van der Waals surface area contributed by atoms with Crippen LogP contribution in [0.15, 0.2) is 47.5 Å². The number of oxazole rings is 1. The minimum Gasteiger partial charge on any atom is -0.424 e. The molecule has 6 heteroatoms. The standard InChI is InChI=1S/C10H9N3O2.C9H17N.C7H14/c11-9(14)7-3-1-2-6(4-7)8-5-13-10(12)15-8;1-3-6-10-7-4-5-9(2)8-10;1-7-5-3-2-4-6-7/h1-5H,(H2,11,14)(H2,12,13);3,9H,1,4-8H2,2H3;7H,2-6H2,1H3/t;9-;/m.0./s1. The highest BCUT2D eigenvalue weighted by molar-refractivity contribution is 5.93. The highest BCUT2D eigenvalue weighted by atomic mass is 16.4. The van der Waals surface area contributed by atoms with Gasteiger partial charge in [-0.05, 0) is 43.4 Å². The molecule has 2 heterocycles. The predicted octanol–water partition coefficient (Wildman–Crippen LogP) is 5.51. The van der Waals surface area contributed by atoms with Crippen molar-refractivity contribution < 1.29 is 9.21 Å². The molecule has 6 nitrogen and oxygen atoms in total. The van der Waals surface area contributed by atoms with E-state index >= 15 is 0 Å². The van der Waals surface area contributed by atoms with Crippen molar-refractivity contribution in [1.29, 1.82) is 0 Å². The molecule has 176 valence electrons. The van der Waals surface area contributed by atoms with E-state index in [4.69, 9.17) is 15.9 Å². The van der Waals surface area contributed by atoms with E-state index in [0.717, 1.165) is 23.9 Å². The maximum Gasteiger partial charge on any atom is 0.292 e. The molecule has 1 aliphatic carbocycles. The Labute approximate surface area is 193 Å². The van der Waals surface area contributed by atoms with Gasteiger partial charge in [0.2, 0.25) is 5.91 Å². The van der Waals surface area contributed by atoms with Crippen molar-refractivity contribution in [3.8, 4) is 11.3 Å². The van der Waals surface area contributed by atoms with Gasteiger partial charge in [-0.15, -0.1) is 6.58 Å². The fraction of sp³-hybridized carbons (Fsp3) is 0.538. The number of carbonyl (C=O) groups excluding carboxylic acids is 1. The topological polar surface area (TPSA) is 98.4 Å². The van der Waals surface area contributed by atoms with Crippen molar-refractivity contribution in [3.05, 3.63) is 48.7 Å². The Hall–Kier alpha value is -2.60. The van der Waals surface area contributed by atoms with Gasteiger partial charge in [0.05, 0.1) is 6.20 Å². The van der Waals surface area contributed by atoms with E-state index in [1.165, 1.54) is 64.2 Å². The highest BCUT2D eigenvalue weighted by Crippen LogP contribution is 2.22. The molecule has 1 amide bonds. The summed E-state index contributed by atoms with van der Waals surface area (Å²) in [6.07, 6.45) is 13.7. The van der Waals surface area contributed by atoms with Crippen LogP contribution in [0.25, 0.3) is 11.3 Å². The highest BCUT2D eigenvalue weighted by Gasteiger charge is 2.14. The van der Waals surface area contributed by atoms with E-state index in [1.807, 2.05) is 6.08 Å². The molecule has 4 N–H and O–H groups in total. The van der Waals surface area contributed by atoms with Gasteiger partial charge in [0.25, 0.3) is 6.01 Å². The molecule has 1 aromatic carbocycles. The van der Waals surface area contributed by atoms with Crippen molar-refractivity contribution in [1.82, 2.24) is 9.88 Å². The number of likely N-dealkylation sites (tertiary alicyclic amines) is 1. The fourth-order valence-corrected chi connectivity index (χ4v) is 4.19. The summed E-state index contributed by atoms with van der Waals surface area (Å²) in [6, 6.07) is 6.85. The lowest BCUT2D eigenvalue weighted by molar-refractivity contribution is 0.100. The lowest BCUT2D eigenvalue weighted by Crippen LogP contribution is -2.34. The molecule has 2 aromatic rings. The van der Waals surface area contributed by atoms with Crippen LogP contribution in [0.4, 0.5) is 6.01 Å². The summed E-state index contributed by atoms with van der Waals surface area (Å²) < 4.78 is 5.12. The van der Waals surface area contributed by atoms with Gasteiger partial charge in [-0.1, -0.05) is 64.2 Å². The number of rotatable bonds is 4. The lowest BCUT2D eigenvalue weighted by atomic mass is 9.91. The van der Waals surface area contributed by atoms with Crippen molar-refractivity contribution >= 4 is 11.9 Å². The number of amides is 1. The Balaban J connectivity index is 0.000000184. The molecule has 1 aromatic heterocycles. The zero-order chi connectivity index (χ0) is 23.3. The van der Waals surface area contributed by atoms with Gasteiger partial charge in [-0.2, -0.15) is 0 Å². The van der Waals surface area contributed by atoms with Crippen LogP contribution in [0.2, 0.25) is 0 Å². The van der Waals surface area contributed by atoms with Crippen molar-refractivity contribution in [2.45, 2.75) is 58.8 Å². The number of hydrogen-bond acceptors (Lipinski definition) is 5. The van der Waals surface area contributed by atoms with Crippen LogP contribution in [0.3, 0.4) is 0 Å². The second kappa shape index (κ2) is 13.7. The third-order valence-corrected chi connectivity index (χ3v) is 5.98. The van der Waals surface area contributed by atoms with E-state index < -0.39 is 5.91 Å². The molecule has 1 saturated heterocycles. The molecule has 32 heavy (non-hydrogen) atoms. The SMILES string of the molecule is C=CCN1CCC[C@H](C)C1.CC1CCCCC1.NC(=O)c1cccc(-c2cnc(N)o2)c1. The Kier molecular flexibility index (Phi) is 11.0. The summed E-state index contributed by atoms with van der Waals surface area (Å²) in [7, 11) is 0. The molecule has 0 radical (unpaired) electrons. The Morgan fingerprint density at radius 3 is 2.44 bits per heavy atom. The van der Waals surface area contributed by atoms with Gasteiger partial charge >= 0.3 is 0 Å². The van der Waals surface area contributed by atoms with Gasteiger partial charge in [-0.3, -0.25) is 9.69 Å². The third-order valence-electron chi connectivity index (χ3n) is 5.98. The van der Waals surface area contributed by atoms with E-state index in [9.17, 15) is 4.79 Å². The maximum absolute atomic E-state index is 10.9. The van der Waals surface area contributed by atoms with Crippen LogP contribution in [-0.4, -0.2) is 35.4 Å². The normalized spacial score (nSPS) is 19.1. The van der Waals surface area contributed by atoms with Crippen LogP contribution in [0, 0.1) is 11.8 Å². The molecule has 2 fully saturated rings. The number of benzene rings is 1. The first-order valence-corrected chi connectivity index (χ1v) is 11.8. The molecular weight excluding hydrogens is 400 g/mol. The molecule has 0 unspecified atom stereocenters. The van der Waals surface area contributed by atoms with E-state index in [-0.39, 0.29) is 6.01 Å².